The van der Waals surface area contributed by atoms with Crippen molar-refractivity contribution in [2.45, 2.75) is 135 Å². The summed E-state index contributed by atoms with van der Waals surface area (Å²) >= 11 is 0. The van der Waals surface area contributed by atoms with E-state index in [1.807, 2.05) is 0 Å². The summed E-state index contributed by atoms with van der Waals surface area (Å²) in [6, 6.07) is 22.9. The van der Waals surface area contributed by atoms with Gasteiger partial charge >= 0.3 is 7.12 Å². The Morgan fingerprint density at radius 3 is 2.11 bits per heavy atom. The summed E-state index contributed by atoms with van der Waals surface area (Å²) < 4.78 is 25.4. The first-order valence-corrected chi connectivity index (χ1v) is 18.5. The van der Waals surface area contributed by atoms with Gasteiger partial charge < -0.3 is 23.7 Å². The molecule has 0 bridgehead atoms. The molecule has 0 radical (unpaired) electrons. The predicted molar refractivity (Wildman–Crippen MR) is 196 cm³/mol. The second-order valence-electron chi connectivity index (χ2n) is 14.9. The fourth-order valence-corrected chi connectivity index (χ4v) is 7.52. The van der Waals surface area contributed by atoms with E-state index in [4.69, 9.17) is 18.8 Å². The molecule has 2 atom stereocenters. The zero-order valence-electron chi connectivity index (χ0n) is 29.8. The molecule has 6 rings (SSSR count). The normalized spacial score (nSPS) is 20.8. The maximum Gasteiger partial charge on any atom is 0.494 e. The summed E-state index contributed by atoms with van der Waals surface area (Å²) in [7, 11) is -0.334. The van der Waals surface area contributed by atoms with Crippen molar-refractivity contribution in [1.29, 1.82) is 0 Å². The molecule has 3 aliphatic rings. The van der Waals surface area contributed by atoms with Gasteiger partial charge in [-0.25, -0.2) is 0 Å². The molecule has 47 heavy (non-hydrogen) atoms. The molecule has 0 spiro atoms. The van der Waals surface area contributed by atoms with E-state index in [0.29, 0.717) is 12.0 Å². The number of unbranched alkanes of at least 4 members (excludes halogenated alkanes) is 6. The largest absolute Gasteiger partial charge is 0.494 e. The molecule has 1 saturated heterocycles. The molecule has 1 aliphatic carbocycles. The van der Waals surface area contributed by atoms with E-state index < -0.39 is 0 Å². The highest BCUT2D eigenvalue weighted by Gasteiger charge is 2.52. The van der Waals surface area contributed by atoms with Crippen LogP contribution < -0.4 is 19.8 Å². The average molecular weight is 638 g/mol. The molecule has 3 aromatic rings. The Labute approximate surface area is 284 Å². The second-order valence-corrected chi connectivity index (χ2v) is 14.9. The van der Waals surface area contributed by atoms with Crippen LogP contribution in [0.2, 0.25) is 0 Å². The summed E-state index contributed by atoms with van der Waals surface area (Å²) in [4.78, 5) is 2.59. The van der Waals surface area contributed by atoms with Gasteiger partial charge in [0, 0.05) is 35.0 Å². The van der Waals surface area contributed by atoms with Crippen molar-refractivity contribution in [3.63, 3.8) is 0 Å². The number of nitrogens with zero attached hydrogens (tertiary/aromatic N) is 1. The fourth-order valence-electron chi connectivity index (χ4n) is 7.52. The van der Waals surface area contributed by atoms with Gasteiger partial charge in [-0.2, -0.15) is 0 Å². The topological polar surface area (TPSA) is 40.2 Å². The van der Waals surface area contributed by atoms with E-state index in [1.165, 1.54) is 80.3 Å². The van der Waals surface area contributed by atoms with Crippen molar-refractivity contribution in [1.82, 2.24) is 0 Å². The van der Waals surface area contributed by atoms with Crippen LogP contribution in [0.15, 0.2) is 60.7 Å². The predicted octanol–water partition coefficient (Wildman–Crippen LogP) is 10.4. The number of hydrogen-bond acceptors (Lipinski definition) is 5. The lowest BCUT2D eigenvalue weighted by molar-refractivity contribution is 0.00578. The van der Waals surface area contributed by atoms with E-state index >= 15 is 0 Å². The third-order valence-electron chi connectivity index (χ3n) is 11.0. The molecule has 5 nitrogen and oxygen atoms in total. The summed E-state index contributed by atoms with van der Waals surface area (Å²) in [6.07, 6.45) is 13.2. The van der Waals surface area contributed by atoms with E-state index in [9.17, 15) is 0 Å². The van der Waals surface area contributed by atoms with Crippen molar-refractivity contribution < 1.29 is 18.8 Å². The van der Waals surface area contributed by atoms with Crippen LogP contribution in [0.25, 0.3) is 11.1 Å². The number of ether oxygens (including phenoxy) is 2. The van der Waals surface area contributed by atoms with Crippen molar-refractivity contribution in [3.8, 4) is 22.6 Å². The highest BCUT2D eigenvalue weighted by atomic mass is 16.7. The molecule has 2 fully saturated rings. The summed E-state index contributed by atoms with van der Waals surface area (Å²) in [6.45, 7) is 14.5. The maximum atomic E-state index is 6.43. The van der Waals surface area contributed by atoms with Gasteiger partial charge in [-0.15, -0.1) is 0 Å². The van der Waals surface area contributed by atoms with Gasteiger partial charge in [0.1, 0.15) is 11.5 Å². The summed E-state index contributed by atoms with van der Waals surface area (Å²) in [5.74, 6) is 2.35. The lowest BCUT2D eigenvalue weighted by Gasteiger charge is -2.32. The number of benzene rings is 3. The molecule has 0 aromatic heterocycles. The number of fused-ring (bicyclic) bond motifs is 3. The first kappa shape index (κ1) is 33.9. The van der Waals surface area contributed by atoms with Crippen LogP contribution in [0.3, 0.4) is 0 Å². The van der Waals surface area contributed by atoms with Gasteiger partial charge in [0.05, 0.1) is 24.4 Å². The van der Waals surface area contributed by atoms with Gasteiger partial charge in [-0.1, -0.05) is 83.1 Å². The molecular formula is C41H56BNO4. The number of anilines is 2. The highest BCUT2D eigenvalue weighted by molar-refractivity contribution is 6.62. The molecular weight excluding hydrogens is 581 g/mol. The first-order valence-electron chi connectivity index (χ1n) is 18.5. The van der Waals surface area contributed by atoms with E-state index in [-0.39, 0.29) is 18.3 Å². The van der Waals surface area contributed by atoms with Crippen LogP contribution >= 0.6 is 0 Å². The van der Waals surface area contributed by atoms with Crippen molar-refractivity contribution in [3.05, 3.63) is 66.2 Å². The Kier molecular flexibility index (Phi) is 10.6. The monoisotopic (exact) mass is 637 g/mol. The molecule has 3 aromatic carbocycles. The maximum absolute atomic E-state index is 6.43. The second kappa shape index (κ2) is 14.7. The number of rotatable bonds is 15. The summed E-state index contributed by atoms with van der Waals surface area (Å²) in [5, 5.41) is 0. The molecule has 1 saturated carbocycles. The third-order valence-corrected chi connectivity index (χ3v) is 11.0. The van der Waals surface area contributed by atoms with E-state index in [0.717, 1.165) is 48.6 Å². The molecule has 6 heteroatoms. The standard InChI is InChI=1S/C41H56BNO4/c1-7-9-11-13-26-44-33-23-24-34(39(29-33)45-27-14-12-10-8-2)30-18-21-32(22-19-30)43-37-17-15-16-35(37)36-28-31(20-25-38(36)43)42-46-40(3,4)41(5,6)47-42/h18-25,28-29,35,37H,7-17,26-27H2,1-6H3. The van der Waals surface area contributed by atoms with Crippen LogP contribution in [0.4, 0.5) is 11.4 Å². The van der Waals surface area contributed by atoms with E-state index in [1.54, 1.807) is 0 Å². The van der Waals surface area contributed by atoms with Crippen LogP contribution in [-0.4, -0.2) is 37.6 Å². The number of hydrogen-bond donors (Lipinski definition) is 0. The van der Waals surface area contributed by atoms with Gasteiger partial charge in [0.25, 0.3) is 0 Å². The summed E-state index contributed by atoms with van der Waals surface area (Å²) in [5.41, 5.74) is 6.74. The Hall–Kier alpha value is -2.96. The van der Waals surface area contributed by atoms with Crippen molar-refractivity contribution in [2.75, 3.05) is 18.1 Å². The quantitative estimate of drug-likeness (QED) is 0.123. The molecule has 252 valence electrons. The lowest BCUT2D eigenvalue weighted by Crippen LogP contribution is -2.41. The minimum atomic E-state index is -0.345. The Morgan fingerprint density at radius 1 is 0.745 bits per heavy atom. The van der Waals surface area contributed by atoms with Crippen LogP contribution in [0.1, 0.15) is 124 Å². The minimum Gasteiger partial charge on any atom is -0.493 e. The Bertz CT molecular complexity index is 1470. The average Bonchev–Trinajstić information content (AvgIpc) is 3.71. The van der Waals surface area contributed by atoms with E-state index in [2.05, 4.69) is 107 Å². The van der Waals surface area contributed by atoms with Gasteiger partial charge in [-0.3, -0.25) is 0 Å². The van der Waals surface area contributed by atoms with Gasteiger partial charge in [-0.05, 0) is 100 Å². The van der Waals surface area contributed by atoms with Crippen molar-refractivity contribution >= 4 is 24.0 Å². The smallest absolute Gasteiger partial charge is 0.493 e. The fraction of sp³-hybridized carbons (Fsp3) is 0.561. The van der Waals surface area contributed by atoms with Gasteiger partial charge in [0.2, 0.25) is 0 Å². The lowest BCUT2D eigenvalue weighted by atomic mass is 9.77. The van der Waals surface area contributed by atoms with Crippen LogP contribution in [0, 0.1) is 0 Å². The minimum absolute atomic E-state index is 0.334. The zero-order valence-corrected chi connectivity index (χ0v) is 29.8. The van der Waals surface area contributed by atoms with Crippen LogP contribution in [0.5, 0.6) is 11.5 Å². The van der Waals surface area contributed by atoms with Crippen molar-refractivity contribution in [2.24, 2.45) is 0 Å². The Balaban J connectivity index is 1.22. The van der Waals surface area contributed by atoms with Gasteiger partial charge in [0.15, 0.2) is 0 Å². The molecule has 0 N–H and O–H groups in total. The third kappa shape index (κ3) is 7.25. The SMILES string of the molecule is CCCCCCOc1ccc(-c2ccc(N3c4ccc(B5OC(C)(C)C(C)(C)O5)cc4C4CCCC43)cc2)c(OCCCCCC)c1. The first-order chi connectivity index (χ1) is 22.7. The molecule has 2 aliphatic heterocycles. The highest BCUT2D eigenvalue weighted by Crippen LogP contribution is 2.52. The zero-order chi connectivity index (χ0) is 33.0. The molecule has 0 amide bonds. The molecule has 2 unspecified atom stereocenters. The molecule has 2 heterocycles. The Morgan fingerprint density at radius 2 is 1.43 bits per heavy atom. The van der Waals surface area contributed by atoms with Crippen LogP contribution in [-0.2, 0) is 9.31 Å².